The first-order valence-electron chi connectivity index (χ1n) is 5.02. The summed E-state index contributed by atoms with van der Waals surface area (Å²) in [5.41, 5.74) is 0.897. The van der Waals surface area contributed by atoms with Crippen LogP contribution in [0.4, 0.5) is 0 Å². The zero-order chi connectivity index (χ0) is 12.1. The Labute approximate surface area is 97.3 Å². The first-order valence-corrected chi connectivity index (χ1v) is 5.02. The van der Waals surface area contributed by atoms with E-state index in [0.717, 1.165) is 5.56 Å². The predicted octanol–water partition coefficient (Wildman–Crippen LogP) is 1.07. The molecule has 17 heavy (non-hydrogen) atoms. The number of H-pyrrole nitrogens is 1. The van der Waals surface area contributed by atoms with E-state index in [0.29, 0.717) is 11.6 Å². The summed E-state index contributed by atoms with van der Waals surface area (Å²) in [6, 6.07) is 9.49. The Hall–Kier alpha value is -2.21. The van der Waals surface area contributed by atoms with Gasteiger partial charge in [-0.05, 0) is 0 Å². The Balaban J connectivity index is 1.99. The molecule has 6 heteroatoms. The van der Waals surface area contributed by atoms with E-state index >= 15 is 0 Å². The Bertz CT molecular complexity index is 496. The summed E-state index contributed by atoms with van der Waals surface area (Å²) in [5, 5.41) is 15.1. The molecule has 2 N–H and O–H groups in total. The van der Waals surface area contributed by atoms with Crippen molar-refractivity contribution in [2.45, 2.75) is 6.61 Å². The summed E-state index contributed by atoms with van der Waals surface area (Å²) >= 11 is 0. The van der Waals surface area contributed by atoms with Crippen LogP contribution < -0.4 is 0 Å². The lowest BCUT2D eigenvalue weighted by molar-refractivity contribution is -0.142. The summed E-state index contributed by atoms with van der Waals surface area (Å²) in [6.07, 6.45) is 0. The highest BCUT2D eigenvalue weighted by molar-refractivity contribution is 5.67. The van der Waals surface area contributed by atoms with Crippen LogP contribution in [0.5, 0.6) is 0 Å². The van der Waals surface area contributed by atoms with E-state index < -0.39 is 5.97 Å². The lowest BCUT2D eigenvalue weighted by atomic mass is 10.2. The van der Waals surface area contributed by atoms with Crippen LogP contribution in [-0.2, 0) is 16.1 Å². The summed E-state index contributed by atoms with van der Waals surface area (Å²) in [4.78, 5) is 14.4. The number of aromatic nitrogens is 3. The van der Waals surface area contributed by atoms with Crippen LogP contribution >= 0.6 is 0 Å². The normalized spacial score (nSPS) is 10.4. The van der Waals surface area contributed by atoms with Gasteiger partial charge in [0.05, 0.1) is 0 Å². The van der Waals surface area contributed by atoms with Gasteiger partial charge in [-0.2, -0.15) is 5.10 Å². The van der Waals surface area contributed by atoms with Crippen molar-refractivity contribution < 1.29 is 14.6 Å². The molecule has 0 saturated carbocycles. The second kappa shape index (κ2) is 5.22. The number of aliphatic carboxylic acids is 1. The molecule has 0 atom stereocenters. The number of hydrogen-bond acceptors (Lipinski definition) is 4. The van der Waals surface area contributed by atoms with E-state index in [4.69, 9.17) is 9.84 Å². The zero-order valence-electron chi connectivity index (χ0n) is 8.96. The molecule has 0 unspecified atom stereocenters. The molecule has 88 valence electrons. The van der Waals surface area contributed by atoms with Crippen molar-refractivity contribution in [3.05, 3.63) is 36.2 Å². The highest BCUT2D eigenvalue weighted by Gasteiger charge is 2.05. The topological polar surface area (TPSA) is 88.1 Å². The maximum absolute atomic E-state index is 10.2. The monoisotopic (exact) mass is 233 g/mol. The minimum Gasteiger partial charge on any atom is -0.480 e. The minimum absolute atomic E-state index is 0.103. The quantitative estimate of drug-likeness (QED) is 0.806. The van der Waals surface area contributed by atoms with Crippen molar-refractivity contribution in [1.29, 1.82) is 0 Å². The van der Waals surface area contributed by atoms with E-state index in [1.54, 1.807) is 0 Å². The molecule has 0 aliphatic carbocycles. The predicted molar refractivity (Wildman–Crippen MR) is 59.1 cm³/mol. The molecule has 0 bridgehead atoms. The largest absolute Gasteiger partial charge is 0.480 e. The average Bonchev–Trinajstić information content (AvgIpc) is 2.78. The lowest BCUT2D eigenvalue weighted by Gasteiger charge is -1.95. The third kappa shape index (κ3) is 3.12. The van der Waals surface area contributed by atoms with Crippen LogP contribution in [0, 0.1) is 0 Å². The van der Waals surface area contributed by atoms with E-state index in [1.165, 1.54) is 0 Å². The van der Waals surface area contributed by atoms with E-state index in [9.17, 15) is 4.79 Å². The van der Waals surface area contributed by atoms with Crippen LogP contribution in [0.15, 0.2) is 30.3 Å². The number of hydrogen-bond donors (Lipinski definition) is 2. The maximum Gasteiger partial charge on any atom is 0.329 e. The molecule has 0 spiro atoms. The highest BCUT2D eigenvalue weighted by atomic mass is 16.5. The standard InChI is InChI=1S/C11H11N3O3/c15-10(16)7-17-6-9-12-11(14-13-9)8-4-2-1-3-5-8/h1-5H,6-7H2,(H,15,16)(H,12,13,14). The van der Waals surface area contributed by atoms with Gasteiger partial charge in [-0.3, -0.25) is 5.10 Å². The Morgan fingerprint density at radius 3 is 2.82 bits per heavy atom. The number of benzene rings is 1. The second-order valence-electron chi connectivity index (χ2n) is 3.36. The third-order valence-corrected chi connectivity index (χ3v) is 2.03. The van der Waals surface area contributed by atoms with Crippen LogP contribution in [0.3, 0.4) is 0 Å². The Morgan fingerprint density at radius 1 is 1.35 bits per heavy atom. The fourth-order valence-corrected chi connectivity index (χ4v) is 1.31. The number of nitrogens with zero attached hydrogens (tertiary/aromatic N) is 2. The van der Waals surface area contributed by atoms with Crippen molar-refractivity contribution in [2.24, 2.45) is 0 Å². The van der Waals surface area contributed by atoms with Crippen molar-refractivity contribution in [2.75, 3.05) is 6.61 Å². The fraction of sp³-hybridized carbons (Fsp3) is 0.182. The summed E-state index contributed by atoms with van der Waals surface area (Å²) < 4.78 is 4.90. The molecule has 0 radical (unpaired) electrons. The smallest absolute Gasteiger partial charge is 0.329 e. The van der Waals surface area contributed by atoms with Gasteiger partial charge in [0.1, 0.15) is 13.2 Å². The molecule has 6 nitrogen and oxygen atoms in total. The van der Waals surface area contributed by atoms with E-state index in [-0.39, 0.29) is 13.2 Å². The van der Waals surface area contributed by atoms with Gasteiger partial charge in [-0.25, -0.2) is 9.78 Å². The fourth-order valence-electron chi connectivity index (χ4n) is 1.31. The summed E-state index contributed by atoms with van der Waals surface area (Å²) in [6.45, 7) is -0.243. The molecule has 0 aliphatic heterocycles. The number of carbonyl (C=O) groups is 1. The van der Waals surface area contributed by atoms with Gasteiger partial charge in [0.15, 0.2) is 11.6 Å². The number of ether oxygens (including phenoxy) is 1. The van der Waals surface area contributed by atoms with Crippen LogP contribution in [0.2, 0.25) is 0 Å². The maximum atomic E-state index is 10.2. The molecule has 0 amide bonds. The summed E-state index contributed by atoms with van der Waals surface area (Å²) in [5.74, 6) is 0.0671. The van der Waals surface area contributed by atoms with Gasteiger partial charge in [0, 0.05) is 5.56 Å². The molecule has 0 aliphatic rings. The average molecular weight is 233 g/mol. The van der Waals surface area contributed by atoms with Gasteiger partial charge in [-0.1, -0.05) is 30.3 Å². The third-order valence-electron chi connectivity index (χ3n) is 2.03. The van der Waals surface area contributed by atoms with Crippen molar-refractivity contribution in [3.63, 3.8) is 0 Å². The van der Waals surface area contributed by atoms with Gasteiger partial charge < -0.3 is 9.84 Å². The molecular weight excluding hydrogens is 222 g/mol. The molecule has 2 rings (SSSR count). The molecule has 1 aromatic carbocycles. The number of rotatable bonds is 5. The molecule has 1 aromatic heterocycles. The number of carboxylic acid groups (broad SMARTS) is 1. The molecule has 1 heterocycles. The molecular formula is C11H11N3O3. The van der Waals surface area contributed by atoms with Crippen molar-refractivity contribution >= 4 is 5.97 Å². The van der Waals surface area contributed by atoms with E-state index in [2.05, 4.69) is 15.2 Å². The first kappa shape index (κ1) is 11.3. The second-order valence-corrected chi connectivity index (χ2v) is 3.36. The van der Waals surface area contributed by atoms with Gasteiger partial charge in [0.25, 0.3) is 0 Å². The molecule has 0 saturated heterocycles. The lowest BCUT2D eigenvalue weighted by Crippen LogP contribution is -2.07. The minimum atomic E-state index is -1.01. The molecule has 2 aromatic rings. The van der Waals surface area contributed by atoms with Crippen LogP contribution in [0.25, 0.3) is 11.4 Å². The number of aromatic amines is 1. The van der Waals surface area contributed by atoms with Crippen LogP contribution in [-0.4, -0.2) is 32.9 Å². The highest BCUT2D eigenvalue weighted by Crippen LogP contribution is 2.13. The van der Waals surface area contributed by atoms with Gasteiger partial charge in [0.2, 0.25) is 0 Å². The van der Waals surface area contributed by atoms with E-state index in [1.807, 2.05) is 30.3 Å². The summed E-state index contributed by atoms with van der Waals surface area (Å²) in [7, 11) is 0. The number of carboxylic acids is 1. The zero-order valence-corrected chi connectivity index (χ0v) is 8.96. The van der Waals surface area contributed by atoms with Gasteiger partial charge >= 0.3 is 5.97 Å². The Kier molecular flexibility index (Phi) is 3.46. The SMILES string of the molecule is O=C(O)COCc1nc(-c2ccccc2)n[nH]1. The van der Waals surface area contributed by atoms with Crippen LogP contribution in [0.1, 0.15) is 5.82 Å². The van der Waals surface area contributed by atoms with Crippen molar-refractivity contribution in [3.8, 4) is 11.4 Å². The van der Waals surface area contributed by atoms with Gasteiger partial charge in [-0.15, -0.1) is 0 Å². The first-order chi connectivity index (χ1) is 8.25. The number of nitrogens with one attached hydrogen (secondary N) is 1. The Morgan fingerprint density at radius 2 is 2.12 bits per heavy atom. The van der Waals surface area contributed by atoms with Crippen molar-refractivity contribution in [1.82, 2.24) is 15.2 Å². The molecule has 0 fully saturated rings.